The van der Waals surface area contributed by atoms with Gasteiger partial charge in [-0.3, -0.25) is 9.59 Å². The van der Waals surface area contributed by atoms with Crippen molar-refractivity contribution >= 4 is 23.6 Å². The molecule has 4 nitrogen and oxygen atoms in total. The number of hydrogen-bond donors (Lipinski definition) is 1. The minimum Gasteiger partial charge on any atom is -0.352 e. The van der Waals surface area contributed by atoms with E-state index < -0.39 is 6.04 Å². The summed E-state index contributed by atoms with van der Waals surface area (Å²) in [6.07, 6.45) is 4.84. The number of amides is 2. The molecule has 1 aliphatic carbocycles. The van der Waals surface area contributed by atoms with Crippen LogP contribution in [0.5, 0.6) is 0 Å². The average molecular weight is 487 g/mol. The zero-order valence-corrected chi connectivity index (χ0v) is 21.0. The van der Waals surface area contributed by atoms with Gasteiger partial charge in [0.25, 0.3) is 0 Å². The van der Waals surface area contributed by atoms with E-state index in [1.165, 1.54) is 5.56 Å². The quantitative estimate of drug-likeness (QED) is 0.383. The number of carbonyl (C=O) groups is 2. The molecule has 1 fully saturated rings. The van der Waals surface area contributed by atoms with Gasteiger partial charge in [0, 0.05) is 24.8 Å². The summed E-state index contributed by atoms with van der Waals surface area (Å²) in [6, 6.07) is 29.8. The Kier molecular flexibility index (Phi) is 9.41. The monoisotopic (exact) mass is 486 g/mol. The molecule has 4 rings (SSSR count). The van der Waals surface area contributed by atoms with Crippen molar-refractivity contribution in [3.63, 3.8) is 0 Å². The van der Waals surface area contributed by atoms with Gasteiger partial charge in [0.1, 0.15) is 6.04 Å². The van der Waals surface area contributed by atoms with Gasteiger partial charge in [0.05, 0.1) is 5.75 Å². The predicted molar refractivity (Wildman–Crippen MR) is 144 cm³/mol. The minimum absolute atomic E-state index is 0.00251. The predicted octanol–water partition coefficient (Wildman–Crippen LogP) is 5.62. The van der Waals surface area contributed by atoms with Crippen molar-refractivity contribution < 1.29 is 9.59 Å². The SMILES string of the molecule is O=C(NC1CCCC1)C(Cc1ccccc1)N(Cc1ccccc1)C(=O)CSCc1ccccc1. The maximum Gasteiger partial charge on any atom is 0.243 e. The maximum absolute atomic E-state index is 13.6. The fourth-order valence-electron chi connectivity index (χ4n) is 4.61. The largest absolute Gasteiger partial charge is 0.352 e. The van der Waals surface area contributed by atoms with Crippen LogP contribution in [0.1, 0.15) is 42.4 Å². The summed E-state index contributed by atoms with van der Waals surface area (Å²) in [5, 5.41) is 3.26. The van der Waals surface area contributed by atoms with Crippen molar-refractivity contribution in [2.75, 3.05) is 5.75 Å². The third-order valence-corrected chi connectivity index (χ3v) is 7.49. The normalized spacial score (nSPS) is 14.4. The van der Waals surface area contributed by atoms with Crippen LogP contribution in [0.25, 0.3) is 0 Å². The van der Waals surface area contributed by atoms with E-state index in [9.17, 15) is 9.59 Å². The van der Waals surface area contributed by atoms with Crippen LogP contribution < -0.4 is 5.32 Å². The summed E-state index contributed by atoms with van der Waals surface area (Å²) in [4.78, 5) is 29.1. The van der Waals surface area contributed by atoms with E-state index >= 15 is 0 Å². The van der Waals surface area contributed by atoms with Crippen molar-refractivity contribution in [3.05, 3.63) is 108 Å². The van der Waals surface area contributed by atoms with E-state index in [2.05, 4.69) is 17.4 Å². The first-order valence-electron chi connectivity index (χ1n) is 12.5. The van der Waals surface area contributed by atoms with Crippen LogP contribution in [0.2, 0.25) is 0 Å². The van der Waals surface area contributed by atoms with Crippen molar-refractivity contribution in [1.82, 2.24) is 10.2 Å². The number of nitrogens with one attached hydrogen (secondary N) is 1. The van der Waals surface area contributed by atoms with E-state index in [-0.39, 0.29) is 17.9 Å². The van der Waals surface area contributed by atoms with Crippen LogP contribution in [-0.4, -0.2) is 34.6 Å². The minimum atomic E-state index is -0.553. The average Bonchev–Trinajstić information content (AvgIpc) is 3.41. The number of carbonyl (C=O) groups excluding carboxylic acids is 2. The van der Waals surface area contributed by atoms with Crippen LogP contribution in [0.3, 0.4) is 0 Å². The highest BCUT2D eigenvalue weighted by atomic mass is 32.2. The molecule has 1 unspecified atom stereocenters. The first-order valence-corrected chi connectivity index (χ1v) is 13.6. The van der Waals surface area contributed by atoms with Crippen molar-refractivity contribution in [1.29, 1.82) is 0 Å². The Bertz CT molecular complexity index is 1050. The highest BCUT2D eigenvalue weighted by Gasteiger charge is 2.32. The fourth-order valence-corrected chi connectivity index (χ4v) is 5.49. The number of benzene rings is 3. The highest BCUT2D eigenvalue weighted by molar-refractivity contribution is 7.99. The van der Waals surface area contributed by atoms with E-state index in [4.69, 9.17) is 0 Å². The molecule has 1 atom stereocenters. The molecule has 3 aromatic rings. The number of nitrogens with zero attached hydrogens (tertiary/aromatic N) is 1. The molecule has 35 heavy (non-hydrogen) atoms. The molecule has 3 aromatic carbocycles. The molecule has 1 N–H and O–H groups in total. The van der Waals surface area contributed by atoms with Gasteiger partial charge in [0.2, 0.25) is 11.8 Å². The molecule has 1 aliphatic rings. The first-order chi connectivity index (χ1) is 17.2. The summed E-state index contributed by atoms with van der Waals surface area (Å²) in [5.41, 5.74) is 3.28. The molecule has 1 saturated carbocycles. The van der Waals surface area contributed by atoms with Gasteiger partial charge in [-0.1, -0.05) is 104 Å². The van der Waals surface area contributed by atoms with Crippen LogP contribution in [0, 0.1) is 0 Å². The Morgan fingerprint density at radius 2 is 1.34 bits per heavy atom. The smallest absolute Gasteiger partial charge is 0.243 e. The second-order valence-corrected chi connectivity index (χ2v) is 10.2. The molecule has 0 bridgehead atoms. The second-order valence-electron chi connectivity index (χ2n) is 9.18. The number of rotatable bonds is 11. The van der Waals surface area contributed by atoms with Gasteiger partial charge in [-0.15, -0.1) is 11.8 Å². The summed E-state index contributed by atoms with van der Waals surface area (Å²) in [5.74, 6) is 1.06. The van der Waals surface area contributed by atoms with Crippen molar-refractivity contribution in [2.24, 2.45) is 0 Å². The van der Waals surface area contributed by atoms with Gasteiger partial charge in [-0.25, -0.2) is 0 Å². The van der Waals surface area contributed by atoms with Crippen LogP contribution in [0.15, 0.2) is 91.0 Å². The van der Waals surface area contributed by atoms with Gasteiger partial charge in [-0.2, -0.15) is 0 Å². The number of hydrogen-bond acceptors (Lipinski definition) is 3. The molecule has 2 amide bonds. The van der Waals surface area contributed by atoms with Crippen LogP contribution in [0.4, 0.5) is 0 Å². The van der Waals surface area contributed by atoms with Crippen LogP contribution in [-0.2, 0) is 28.3 Å². The molecule has 0 aromatic heterocycles. The Morgan fingerprint density at radius 3 is 1.94 bits per heavy atom. The van der Waals surface area contributed by atoms with E-state index in [1.807, 2.05) is 78.9 Å². The summed E-state index contributed by atoms with van der Waals surface area (Å²) in [7, 11) is 0. The molecular weight excluding hydrogens is 452 g/mol. The van der Waals surface area contributed by atoms with Crippen LogP contribution >= 0.6 is 11.8 Å². The number of thioether (sulfide) groups is 1. The lowest BCUT2D eigenvalue weighted by Crippen LogP contribution is -2.52. The summed E-state index contributed by atoms with van der Waals surface area (Å²) < 4.78 is 0. The zero-order chi connectivity index (χ0) is 24.3. The van der Waals surface area contributed by atoms with E-state index in [0.29, 0.717) is 18.7 Å². The van der Waals surface area contributed by atoms with Gasteiger partial charge < -0.3 is 10.2 Å². The topological polar surface area (TPSA) is 49.4 Å². The molecule has 0 aliphatic heterocycles. The third-order valence-electron chi connectivity index (χ3n) is 6.51. The lowest BCUT2D eigenvalue weighted by atomic mass is 10.0. The lowest BCUT2D eigenvalue weighted by Gasteiger charge is -2.32. The summed E-state index contributed by atoms with van der Waals surface area (Å²) >= 11 is 1.60. The molecule has 0 spiro atoms. The first kappa shape index (κ1) is 25.1. The van der Waals surface area contributed by atoms with Crippen molar-refractivity contribution in [3.8, 4) is 0 Å². The molecule has 0 radical (unpaired) electrons. The standard InChI is InChI=1S/C30H34N2O2S/c33-29(23-35-22-26-16-8-3-9-17-26)32(21-25-14-6-2-7-15-25)28(20-24-12-4-1-5-13-24)30(34)31-27-18-10-11-19-27/h1-9,12-17,27-28H,10-11,18-23H2,(H,31,34). The van der Waals surface area contributed by atoms with Gasteiger partial charge in [-0.05, 0) is 29.5 Å². The van der Waals surface area contributed by atoms with E-state index in [0.717, 1.165) is 42.6 Å². The van der Waals surface area contributed by atoms with E-state index in [1.54, 1.807) is 16.7 Å². The molecular formula is C30H34N2O2S. The van der Waals surface area contributed by atoms with Crippen molar-refractivity contribution in [2.45, 2.75) is 56.5 Å². The molecule has 182 valence electrons. The Labute approximate surface area is 213 Å². The zero-order valence-electron chi connectivity index (χ0n) is 20.1. The molecule has 0 heterocycles. The Morgan fingerprint density at radius 1 is 0.800 bits per heavy atom. The lowest BCUT2D eigenvalue weighted by molar-refractivity contribution is -0.139. The van der Waals surface area contributed by atoms with Gasteiger partial charge >= 0.3 is 0 Å². The highest BCUT2D eigenvalue weighted by Crippen LogP contribution is 2.21. The second kappa shape index (κ2) is 13.1. The molecule has 5 heteroatoms. The third kappa shape index (κ3) is 7.72. The summed E-state index contributed by atoms with van der Waals surface area (Å²) in [6.45, 7) is 0.418. The Hall–Kier alpha value is -3.05. The molecule has 0 saturated heterocycles. The van der Waals surface area contributed by atoms with Gasteiger partial charge in [0.15, 0.2) is 0 Å². The fraction of sp³-hybridized carbons (Fsp3) is 0.333. The maximum atomic E-state index is 13.6. The Balaban J connectivity index is 1.54.